The monoisotopic (exact) mass is 538 g/mol. The van der Waals surface area contributed by atoms with E-state index in [1.54, 1.807) is 0 Å². The summed E-state index contributed by atoms with van der Waals surface area (Å²) < 4.78 is 4.84. The van der Waals surface area contributed by atoms with E-state index in [1.165, 1.54) is 7.11 Å². The van der Waals surface area contributed by atoms with Crippen molar-refractivity contribution >= 4 is 17.4 Å². The van der Waals surface area contributed by atoms with Gasteiger partial charge in [0.1, 0.15) is 0 Å². The molecule has 1 fully saturated rings. The summed E-state index contributed by atoms with van der Waals surface area (Å²) in [4.78, 5) is 27.2. The number of nitrogens with zero attached hydrogens (tertiary/aromatic N) is 8. The van der Waals surface area contributed by atoms with Crippen molar-refractivity contribution in [1.29, 1.82) is 0 Å². The Morgan fingerprint density at radius 1 is 0.975 bits per heavy atom. The number of hydrogen-bond donors (Lipinski definition) is 2. The number of hydrogen-bond acceptors (Lipinski definition) is 7. The van der Waals surface area contributed by atoms with E-state index in [1.807, 2.05) is 60.7 Å². The highest BCUT2D eigenvalue weighted by Crippen LogP contribution is 2.41. The van der Waals surface area contributed by atoms with Crippen LogP contribution in [0.5, 0.6) is 0 Å². The molecule has 0 radical (unpaired) electrons. The van der Waals surface area contributed by atoms with Crippen LogP contribution < -0.4 is 11.1 Å². The Balaban J connectivity index is 1.79. The standard InChI is InChI=1S/C28H30N10O2/c1-40-27(39)36-28(14-5-15-28)21-10-8-20(9-11-21)25(29)24(19-6-3-2-4-7-19)26-34-22(12-16-32-37-30)18-23(35-26)13-17-33-38-31/h2-4,6-11,18H,5,12-17,29H2,1H3,(H,36,39). The second kappa shape index (κ2) is 13.1. The van der Waals surface area contributed by atoms with Gasteiger partial charge in [0.15, 0.2) is 5.82 Å². The molecule has 0 bridgehead atoms. The molecule has 1 aromatic heterocycles. The first-order valence-electron chi connectivity index (χ1n) is 12.9. The van der Waals surface area contributed by atoms with E-state index in [0.717, 1.165) is 36.0 Å². The third-order valence-electron chi connectivity index (χ3n) is 6.93. The maximum absolute atomic E-state index is 12.0. The van der Waals surface area contributed by atoms with Crippen LogP contribution in [0.3, 0.4) is 0 Å². The van der Waals surface area contributed by atoms with Crippen LogP contribution in [0.1, 0.15) is 53.2 Å². The second-order valence-electron chi connectivity index (χ2n) is 9.37. The van der Waals surface area contributed by atoms with E-state index in [9.17, 15) is 4.79 Å². The lowest BCUT2D eigenvalue weighted by atomic mass is 9.71. The van der Waals surface area contributed by atoms with Crippen molar-refractivity contribution in [2.75, 3.05) is 20.2 Å². The molecule has 1 aliphatic carbocycles. The van der Waals surface area contributed by atoms with Crippen LogP contribution in [0.25, 0.3) is 32.2 Å². The van der Waals surface area contributed by atoms with E-state index in [2.05, 4.69) is 25.4 Å². The molecule has 204 valence electrons. The highest BCUT2D eigenvalue weighted by Gasteiger charge is 2.40. The Morgan fingerprint density at radius 3 is 2.08 bits per heavy atom. The Kier molecular flexibility index (Phi) is 9.19. The summed E-state index contributed by atoms with van der Waals surface area (Å²) in [6, 6.07) is 19.3. The molecule has 0 atom stereocenters. The third-order valence-corrected chi connectivity index (χ3v) is 6.93. The van der Waals surface area contributed by atoms with Crippen molar-refractivity contribution in [3.05, 3.63) is 115 Å². The molecule has 12 heteroatoms. The van der Waals surface area contributed by atoms with Crippen LogP contribution in [0.2, 0.25) is 0 Å². The fourth-order valence-corrected chi connectivity index (χ4v) is 4.73. The zero-order valence-corrected chi connectivity index (χ0v) is 22.2. The molecular weight excluding hydrogens is 508 g/mol. The van der Waals surface area contributed by atoms with Crippen LogP contribution in [0, 0.1) is 0 Å². The number of nitrogens with one attached hydrogen (secondary N) is 1. The largest absolute Gasteiger partial charge is 0.453 e. The van der Waals surface area contributed by atoms with Gasteiger partial charge < -0.3 is 15.8 Å². The first-order valence-corrected chi connectivity index (χ1v) is 12.9. The van der Waals surface area contributed by atoms with E-state index >= 15 is 0 Å². The van der Waals surface area contributed by atoms with Crippen molar-refractivity contribution in [2.45, 2.75) is 37.6 Å². The maximum Gasteiger partial charge on any atom is 0.407 e. The fourth-order valence-electron chi connectivity index (χ4n) is 4.73. The Labute approximate surface area is 231 Å². The fraction of sp³-hybridized carbons (Fsp3) is 0.321. The van der Waals surface area contributed by atoms with Gasteiger partial charge >= 0.3 is 6.09 Å². The highest BCUT2D eigenvalue weighted by molar-refractivity contribution is 5.95. The molecule has 1 aliphatic rings. The van der Waals surface area contributed by atoms with Crippen LogP contribution in [-0.4, -0.2) is 36.3 Å². The van der Waals surface area contributed by atoms with Crippen molar-refractivity contribution < 1.29 is 9.53 Å². The molecule has 4 rings (SSSR count). The van der Waals surface area contributed by atoms with Gasteiger partial charge in [0.2, 0.25) is 0 Å². The third kappa shape index (κ3) is 6.50. The zero-order valence-electron chi connectivity index (χ0n) is 22.2. The summed E-state index contributed by atoms with van der Waals surface area (Å²) in [5.41, 5.74) is 28.9. The summed E-state index contributed by atoms with van der Waals surface area (Å²) >= 11 is 0. The first kappa shape index (κ1) is 28.0. The molecule has 1 heterocycles. The van der Waals surface area contributed by atoms with Gasteiger partial charge in [0, 0.05) is 39.9 Å². The first-order chi connectivity index (χ1) is 19.5. The molecule has 1 saturated carbocycles. The normalized spacial score (nSPS) is 14.0. The van der Waals surface area contributed by atoms with Gasteiger partial charge in [0.25, 0.3) is 0 Å². The summed E-state index contributed by atoms with van der Waals surface area (Å²) in [6.07, 6.45) is 3.05. The molecule has 40 heavy (non-hydrogen) atoms. The van der Waals surface area contributed by atoms with Crippen LogP contribution in [0.4, 0.5) is 4.79 Å². The molecule has 0 spiro atoms. The van der Waals surface area contributed by atoms with Crippen molar-refractivity contribution in [3.63, 3.8) is 0 Å². The smallest absolute Gasteiger partial charge is 0.407 e. The SMILES string of the molecule is COC(=O)NC1(c2ccc(C(N)=C(c3ccccc3)c3nc(CCN=[N+]=[N-])cc(CCN=[N+]=[N-])n3)cc2)CCC1. The lowest BCUT2D eigenvalue weighted by Crippen LogP contribution is -2.50. The number of rotatable bonds is 11. The summed E-state index contributed by atoms with van der Waals surface area (Å²) in [5, 5.41) is 10.3. The van der Waals surface area contributed by atoms with Crippen molar-refractivity contribution in [1.82, 2.24) is 15.3 Å². The van der Waals surface area contributed by atoms with Gasteiger partial charge in [-0.25, -0.2) is 14.8 Å². The van der Waals surface area contributed by atoms with E-state index in [-0.39, 0.29) is 13.1 Å². The second-order valence-corrected chi connectivity index (χ2v) is 9.37. The minimum Gasteiger partial charge on any atom is -0.453 e. The van der Waals surface area contributed by atoms with Gasteiger partial charge in [-0.05, 0) is 65.9 Å². The summed E-state index contributed by atoms with van der Waals surface area (Å²) in [5.74, 6) is 0.421. The van der Waals surface area contributed by atoms with Gasteiger partial charge in [-0.2, -0.15) is 0 Å². The van der Waals surface area contributed by atoms with E-state index < -0.39 is 11.6 Å². The van der Waals surface area contributed by atoms with Gasteiger partial charge in [0.05, 0.1) is 18.3 Å². The Morgan fingerprint density at radius 2 is 1.57 bits per heavy atom. The average Bonchev–Trinajstić information content (AvgIpc) is 2.96. The molecular formula is C28H30N10O2. The number of benzene rings is 2. The Bertz CT molecular complexity index is 1430. The lowest BCUT2D eigenvalue weighted by Gasteiger charge is -2.42. The molecule has 12 nitrogen and oxygen atoms in total. The summed E-state index contributed by atoms with van der Waals surface area (Å²) in [6.45, 7) is 0.483. The molecule has 0 aliphatic heterocycles. The lowest BCUT2D eigenvalue weighted by molar-refractivity contribution is 0.128. The number of alkyl carbamates (subject to hydrolysis) is 1. The molecule has 0 unspecified atom stereocenters. The molecule has 3 N–H and O–H groups in total. The highest BCUT2D eigenvalue weighted by atomic mass is 16.5. The number of aromatic nitrogens is 2. The molecule has 2 aromatic carbocycles. The van der Waals surface area contributed by atoms with Gasteiger partial charge in [-0.1, -0.05) is 64.8 Å². The number of azide groups is 2. The van der Waals surface area contributed by atoms with E-state index in [4.69, 9.17) is 31.5 Å². The predicted molar refractivity (Wildman–Crippen MR) is 152 cm³/mol. The number of ether oxygens (including phenoxy) is 1. The number of methoxy groups -OCH3 is 1. The molecule has 0 saturated heterocycles. The topological polar surface area (TPSA) is 188 Å². The van der Waals surface area contributed by atoms with Gasteiger partial charge in [-0.3, -0.25) is 0 Å². The molecule has 3 aromatic rings. The number of nitrogens with two attached hydrogens (primary N) is 1. The van der Waals surface area contributed by atoms with Crippen molar-refractivity contribution in [3.8, 4) is 0 Å². The van der Waals surface area contributed by atoms with Crippen molar-refractivity contribution in [2.24, 2.45) is 16.0 Å². The van der Waals surface area contributed by atoms with Gasteiger partial charge in [-0.15, -0.1) is 0 Å². The van der Waals surface area contributed by atoms with Crippen LogP contribution in [0.15, 0.2) is 70.9 Å². The Hall–Kier alpha value is -5.05. The predicted octanol–water partition coefficient (Wildman–Crippen LogP) is 5.79. The number of amides is 1. The van der Waals surface area contributed by atoms with Crippen LogP contribution >= 0.6 is 0 Å². The minimum absolute atomic E-state index is 0.241. The molecule has 1 amide bonds. The maximum atomic E-state index is 12.0. The number of carbonyl (C=O) groups excluding carboxylic acids is 1. The number of carbonyl (C=O) groups is 1. The summed E-state index contributed by atoms with van der Waals surface area (Å²) in [7, 11) is 1.36. The zero-order chi connectivity index (χ0) is 28.4. The average molecular weight is 539 g/mol. The quantitative estimate of drug-likeness (QED) is 0.135. The minimum atomic E-state index is -0.455. The van der Waals surface area contributed by atoms with E-state index in [0.29, 0.717) is 41.3 Å². The van der Waals surface area contributed by atoms with Crippen LogP contribution in [-0.2, 0) is 23.1 Å².